The third-order valence-electron chi connectivity index (χ3n) is 4.13. The van der Waals surface area contributed by atoms with E-state index in [9.17, 15) is 9.59 Å². The molecule has 1 aliphatic rings. The van der Waals surface area contributed by atoms with Crippen molar-refractivity contribution < 1.29 is 9.59 Å². The summed E-state index contributed by atoms with van der Waals surface area (Å²) in [7, 11) is 0. The molecule has 1 saturated heterocycles. The Bertz CT molecular complexity index is 534. The van der Waals surface area contributed by atoms with Crippen LogP contribution in [0.15, 0.2) is 28.7 Å². The molecule has 0 aliphatic carbocycles. The van der Waals surface area contributed by atoms with Crippen LogP contribution in [0.3, 0.4) is 0 Å². The standard InChI is InChI=1S/C18H25BrN2O2/c19-16-7-4-6-15(14-16)9-10-17(22)20-11-5-13-21-12-3-1-2-8-18(21)23/h4,6-7,14H,1-3,5,8-13H2,(H,20,22). The minimum atomic E-state index is 0.0761. The Morgan fingerprint density at radius 2 is 2.13 bits per heavy atom. The highest BCUT2D eigenvalue weighted by Crippen LogP contribution is 2.13. The summed E-state index contributed by atoms with van der Waals surface area (Å²) in [5.41, 5.74) is 1.16. The molecule has 4 nitrogen and oxygen atoms in total. The number of nitrogens with one attached hydrogen (secondary N) is 1. The molecule has 5 heteroatoms. The molecule has 1 heterocycles. The quantitative estimate of drug-likeness (QED) is 0.737. The Balaban J connectivity index is 1.60. The monoisotopic (exact) mass is 380 g/mol. The third kappa shape index (κ3) is 6.73. The van der Waals surface area contributed by atoms with Crippen molar-refractivity contribution in [3.8, 4) is 0 Å². The normalized spacial score (nSPS) is 15.3. The summed E-state index contributed by atoms with van der Waals surface area (Å²) in [5.74, 6) is 0.343. The molecule has 0 unspecified atom stereocenters. The van der Waals surface area contributed by atoms with Gasteiger partial charge >= 0.3 is 0 Å². The second-order valence-electron chi connectivity index (χ2n) is 6.02. The Morgan fingerprint density at radius 3 is 2.96 bits per heavy atom. The van der Waals surface area contributed by atoms with E-state index in [1.165, 1.54) is 0 Å². The van der Waals surface area contributed by atoms with Crippen molar-refractivity contribution in [3.05, 3.63) is 34.3 Å². The Morgan fingerprint density at radius 1 is 1.26 bits per heavy atom. The number of aryl methyl sites for hydroxylation is 1. The molecule has 1 aliphatic heterocycles. The average Bonchev–Trinajstić information content (AvgIpc) is 2.74. The van der Waals surface area contributed by atoms with Crippen molar-refractivity contribution in [2.75, 3.05) is 19.6 Å². The van der Waals surface area contributed by atoms with Crippen molar-refractivity contribution in [1.82, 2.24) is 10.2 Å². The van der Waals surface area contributed by atoms with E-state index in [1.54, 1.807) is 0 Å². The predicted octanol–water partition coefficient (Wildman–Crippen LogP) is 3.29. The minimum Gasteiger partial charge on any atom is -0.356 e. The minimum absolute atomic E-state index is 0.0761. The van der Waals surface area contributed by atoms with Gasteiger partial charge in [-0.3, -0.25) is 9.59 Å². The number of hydrogen-bond donors (Lipinski definition) is 1. The summed E-state index contributed by atoms with van der Waals surface area (Å²) in [6.07, 6.45) is 6.02. The Hall–Kier alpha value is -1.36. The van der Waals surface area contributed by atoms with E-state index in [0.29, 0.717) is 19.4 Å². The molecule has 2 rings (SSSR count). The third-order valence-corrected chi connectivity index (χ3v) is 4.62. The van der Waals surface area contributed by atoms with Gasteiger partial charge in [0.1, 0.15) is 0 Å². The highest BCUT2D eigenvalue weighted by atomic mass is 79.9. The number of hydrogen-bond acceptors (Lipinski definition) is 2. The van der Waals surface area contributed by atoms with Crippen LogP contribution in [0.2, 0.25) is 0 Å². The first-order valence-corrected chi connectivity index (χ1v) is 9.23. The van der Waals surface area contributed by atoms with Crippen LogP contribution in [-0.2, 0) is 16.0 Å². The van der Waals surface area contributed by atoms with Gasteiger partial charge in [-0.25, -0.2) is 0 Å². The van der Waals surface area contributed by atoms with E-state index in [4.69, 9.17) is 0 Å². The molecule has 0 bridgehead atoms. The number of nitrogens with zero attached hydrogens (tertiary/aromatic N) is 1. The molecule has 1 N–H and O–H groups in total. The first-order valence-electron chi connectivity index (χ1n) is 8.44. The fourth-order valence-electron chi connectivity index (χ4n) is 2.81. The van der Waals surface area contributed by atoms with Crippen LogP contribution in [0, 0.1) is 0 Å². The van der Waals surface area contributed by atoms with Gasteiger partial charge in [-0.05, 0) is 43.4 Å². The SMILES string of the molecule is O=C(CCc1cccc(Br)c1)NCCCN1CCCCCC1=O. The smallest absolute Gasteiger partial charge is 0.222 e. The first-order chi connectivity index (χ1) is 11.1. The Kier molecular flexibility index (Phi) is 7.59. The van der Waals surface area contributed by atoms with Gasteiger partial charge in [0.15, 0.2) is 0 Å². The lowest BCUT2D eigenvalue weighted by atomic mass is 10.1. The van der Waals surface area contributed by atoms with Crippen LogP contribution in [0.25, 0.3) is 0 Å². The lowest BCUT2D eigenvalue weighted by molar-refractivity contribution is -0.130. The number of amides is 2. The summed E-state index contributed by atoms with van der Waals surface area (Å²) in [6, 6.07) is 8.03. The molecular formula is C18H25BrN2O2. The van der Waals surface area contributed by atoms with Crippen molar-refractivity contribution in [3.63, 3.8) is 0 Å². The van der Waals surface area contributed by atoms with Crippen molar-refractivity contribution in [2.24, 2.45) is 0 Å². The summed E-state index contributed by atoms with van der Waals surface area (Å²) < 4.78 is 1.04. The first kappa shape index (κ1) is 18.0. The van der Waals surface area contributed by atoms with Crippen LogP contribution in [0.1, 0.15) is 44.1 Å². The van der Waals surface area contributed by atoms with Crippen molar-refractivity contribution in [2.45, 2.75) is 44.9 Å². The molecule has 2 amide bonds. The molecular weight excluding hydrogens is 356 g/mol. The maximum absolute atomic E-state index is 11.9. The van der Waals surface area contributed by atoms with Crippen LogP contribution in [0.4, 0.5) is 0 Å². The van der Waals surface area contributed by atoms with Crippen molar-refractivity contribution >= 4 is 27.7 Å². The van der Waals surface area contributed by atoms with Crippen LogP contribution < -0.4 is 5.32 Å². The van der Waals surface area contributed by atoms with Gasteiger partial charge in [-0.15, -0.1) is 0 Å². The summed E-state index contributed by atoms with van der Waals surface area (Å²) in [6.45, 7) is 2.27. The van der Waals surface area contributed by atoms with Crippen LogP contribution in [0.5, 0.6) is 0 Å². The molecule has 1 aromatic carbocycles. The predicted molar refractivity (Wildman–Crippen MR) is 95.1 cm³/mol. The number of carbonyl (C=O) groups is 2. The number of likely N-dealkylation sites (tertiary alicyclic amines) is 1. The fourth-order valence-corrected chi connectivity index (χ4v) is 3.26. The number of benzene rings is 1. The zero-order valence-corrected chi connectivity index (χ0v) is 15.1. The van der Waals surface area contributed by atoms with Gasteiger partial charge in [0.05, 0.1) is 0 Å². The maximum atomic E-state index is 11.9. The maximum Gasteiger partial charge on any atom is 0.222 e. The fraction of sp³-hybridized carbons (Fsp3) is 0.556. The molecule has 0 spiro atoms. The van der Waals surface area contributed by atoms with Gasteiger partial charge in [-0.1, -0.05) is 34.5 Å². The van der Waals surface area contributed by atoms with Gasteiger partial charge in [0.2, 0.25) is 11.8 Å². The van der Waals surface area contributed by atoms with E-state index in [2.05, 4.69) is 21.2 Å². The molecule has 1 aromatic rings. The summed E-state index contributed by atoms with van der Waals surface area (Å²) in [4.78, 5) is 25.7. The summed E-state index contributed by atoms with van der Waals surface area (Å²) >= 11 is 3.44. The van der Waals surface area contributed by atoms with Crippen LogP contribution >= 0.6 is 15.9 Å². The van der Waals surface area contributed by atoms with E-state index < -0.39 is 0 Å². The molecule has 23 heavy (non-hydrogen) atoms. The van der Waals surface area contributed by atoms with Gasteiger partial charge in [0, 0.05) is 36.9 Å². The van der Waals surface area contributed by atoms with Gasteiger partial charge in [-0.2, -0.15) is 0 Å². The zero-order valence-electron chi connectivity index (χ0n) is 13.5. The number of rotatable bonds is 7. The van der Waals surface area contributed by atoms with Crippen LogP contribution in [-0.4, -0.2) is 36.3 Å². The second-order valence-corrected chi connectivity index (χ2v) is 6.94. The molecule has 0 atom stereocenters. The summed E-state index contributed by atoms with van der Waals surface area (Å²) in [5, 5.41) is 2.95. The van der Waals surface area contributed by atoms with Gasteiger partial charge < -0.3 is 10.2 Å². The highest BCUT2D eigenvalue weighted by molar-refractivity contribution is 9.10. The topological polar surface area (TPSA) is 49.4 Å². The Labute approximate surface area is 146 Å². The van der Waals surface area contributed by atoms with E-state index >= 15 is 0 Å². The largest absolute Gasteiger partial charge is 0.356 e. The van der Waals surface area contributed by atoms with Gasteiger partial charge in [0.25, 0.3) is 0 Å². The zero-order chi connectivity index (χ0) is 16.5. The van der Waals surface area contributed by atoms with E-state index in [-0.39, 0.29) is 11.8 Å². The second kappa shape index (κ2) is 9.71. The van der Waals surface area contributed by atoms with Crippen molar-refractivity contribution in [1.29, 1.82) is 0 Å². The van der Waals surface area contributed by atoms with E-state index in [1.807, 2.05) is 29.2 Å². The molecule has 0 aromatic heterocycles. The molecule has 0 saturated carbocycles. The molecule has 1 fully saturated rings. The highest BCUT2D eigenvalue weighted by Gasteiger charge is 2.15. The lowest BCUT2D eigenvalue weighted by Crippen LogP contribution is -2.34. The van der Waals surface area contributed by atoms with E-state index in [0.717, 1.165) is 55.2 Å². The molecule has 126 valence electrons. The average molecular weight is 381 g/mol. The number of halogens is 1. The number of carbonyl (C=O) groups excluding carboxylic acids is 2. The lowest BCUT2D eigenvalue weighted by Gasteiger charge is -2.20. The molecule has 0 radical (unpaired) electrons.